The van der Waals surface area contributed by atoms with E-state index in [2.05, 4.69) is 0 Å². The van der Waals surface area contributed by atoms with Gasteiger partial charge in [-0.15, -0.1) is 0 Å². The molecular weight excluding hydrogens is 469 g/mol. The Morgan fingerprint density at radius 1 is 1.06 bits per heavy atom. The monoisotopic (exact) mass is 488 g/mol. The van der Waals surface area contributed by atoms with Crippen molar-refractivity contribution >= 4 is 17.6 Å². The van der Waals surface area contributed by atoms with Crippen LogP contribution in [0.4, 0.5) is 19.0 Å². The number of aromatic nitrogens is 2. The number of fused-ring (bicyclic) bond motifs is 1. The molecule has 3 N–H and O–H groups in total. The third-order valence-electron chi connectivity index (χ3n) is 5.49. The molecule has 0 radical (unpaired) electrons. The van der Waals surface area contributed by atoms with Gasteiger partial charge in [-0.2, -0.15) is 13.2 Å². The molecule has 12 heteroatoms. The van der Waals surface area contributed by atoms with Crippen LogP contribution in [0.5, 0.6) is 5.75 Å². The molecule has 4 rings (SSSR count). The fourth-order valence-electron chi connectivity index (χ4n) is 3.91. The van der Waals surface area contributed by atoms with E-state index in [1.165, 1.54) is 24.3 Å². The number of amides is 2. The second-order valence-corrected chi connectivity index (χ2v) is 7.64. The van der Waals surface area contributed by atoms with E-state index >= 15 is 0 Å². The Morgan fingerprint density at radius 3 is 2.37 bits per heavy atom. The van der Waals surface area contributed by atoms with Crippen LogP contribution in [-0.4, -0.2) is 34.1 Å². The van der Waals surface area contributed by atoms with Gasteiger partial charge >= 0.3 is 11.9 Å². The third-order valence-corrected chi connectivity index (χ3v) is 5.49. The molecule has 0 spiro atoms. The molecule has 3 aromatic rings. The maximum absolute atomic E-state index is 14.6. The predicted octanol–water partition coefficient (Wildman–Crippen LogP) is 2.12. The van der Waals surface area contributed by atoms with Gasteiger partial charge in [-0.3, -0.25) is 23.9 Å². The lowest BCUT2D eigenvalue weighted by molar-refractivity contribution is -0.196. The quantitative estimate of drug-likeness (QED) is 0.491. The van der Waals surface area contributed by atoms with Crippen molar-refractivity contribution in [2.75, 3.05) is 11.9 Å². The Kier molecular flexibility index (Phi) is 5.97. The minimum Gasteiger partial charge on any atom is -0.493 e. The van der Waals surface area contributed by atoms with Crippen LogP contribution in [0, 0.1) is 0 Å². The van der Waals surface area contributed by atoms with Crippen molar-refractivity contribution in [2.24, 2.45) is 0 Å². The zero-order chi connectivity index (χ0) is 25.4. The van der Waals surface area contributed by atoms with Gasteiger partial charge in [-0.25, -0.2) is 4.79 Å². The number of nitrogens with zero attached hydrogens (tertiary/aromatic N) is 1. The Bertz CT molecular complexity index is 1420. The van der Waals surface area contributed by atoms with Crippen molar-refractivity contribution in [3.8, 4) is 5.75 Å². The second-order valence-electron chi connectivity index (χ2n) is 7.64. The summed E-state index contributed by atoms with van der Waals surface area (Å²) < 4.78 is 49.8. The number of rotatable bonds is 6. The molecule has 1 aliphatic rings. The molecule has 0 saturated heterocycles. The predicted molar refractivity (Wildman–Crippen MR) is 118 cm³/mol. The number of carbonyl (C=O) groups is 2. The van der Waals surface area contributed by atoms with Crippen LogP contribution in [0.2, 0.25) is 0 Å². The number of alkyl halides is 3. The van der Waals surface area contributed by atoms with Crippen molar-refractivity contribution in [1.82, 2.24) is 14.9 Å². The zero-order valence-electron chi connectivity index (χ0n) is 18.2. The minimum atomic E-state index is -5.44. The van der Waals surface area contributed by atoms with Gasteiger partial charge in [0.15, 0.2) is 0 Å². The highest BCUT2D eigenvalue weighted by molar-refractivity contribution is 6.09. The van der Waals surface area contributed by atoms with Crippen LogP contribution in [-0.2, 0) is 16.9 Å². The third kappa shape index (κ3) is 3.96. The van der Waals surface area contributed by atoms with Crippen LogP contribution in [0.25, 0.3) is 0 Å². The van der Waals surface area contributed by atoms with Crippen molar-refractivity contribution in [3.63, 3.8) is 0 Å². The molecule has 0 unspecified atom stereocenters. The van der Waals surface area contributed by atoms with E-state index in [1.54, 1.807) is 42.6 Å². The lowest BCUT2D eigenvalue weighted by Gasteiger charge is -2.30. The summed E-state index contributed by atoms with van der Waals surface area (Å²) in [5, 5.41) is 3.71. The normalized spacial score (nSPS) is 17.0. The summed E-state index contributed by atoms with van der Waals surface area (Å²) in [7, 11) is 0. The van der Waals surface area contributed by atoms with Gasteiger partial charge in [0.2, 0.25) is 0 Å². The van der Waals surface area contributed by atoms with Gasteiger partial charge in [-0.05, 0) is 24.6 Å². The second kappa shape index (κ2) is 8.78. The van der Waals surface area contributed by atoms with Crippen LogP contribution in [0.15, 0.2) is 64.2 Å². The Morgan fingerprint density at radius 2 is 1.71 bits per heavy atom. The van der Waals surface area contributed by atoms with E-state index in [0.29, 0.717) is 5.56 Å². The van der Waals surface area contributed by atoms with Crippen LogP contribution < -0.4 is 26.6 Å². The molecule has 2 amide bonds. The number of nitrogens with one attached hydrogen (secondary N) is 3. The first-order valence-electron chi connectivity index (χ1n) is 10.4. The number of aromatic amines is 1. The van der Waals surface area contributed by atoms with E-state index in [9.17, 15) is 32.3 Å². The number of benzene rings is 2. The maximum atomic E-state index is 14.6. The van der Waals surface area contributed by atoms with Crippen LogP contribution >= 0.6 is 0 Å². The summed E-state index contributed by atoms with van der Waals surface area (Å²) >= 11 is 0. The van der Waals surface area contributed by atoms with Gasteiger partial charge in [0.05, 0.1) is 18.7 Å². The summed E-state index contributed by atoms with van der Waals surface area (Å²) in [5.41, 5.74) is -7.11. The standard InChI is InChI=1S/C23H19F3N4O5/c1-2-35-15-11-7-6-10-14(15)18(31)29-22(23(24,25)26)16-17(27-20(22)33)30(21(34)28-19(16)32)12-13-8-4-3-5-9-13/h3-11H,2,12H2,1H3,(H,27,33)(H,29,31)(H,28,32,34)/t22-/m0/s1. The molecule has 0 fully saturated rings. The van der Waals surface area contributed by atoms with Crippen LogP contribution in [0.3, 0.4) is 0 Å². The number of halogens is 3. The number of hydrogen-bond acceptors (Lipinski definition) is 5. The highest BCUT2D eigenvalue weighted by Crippen LogP contribution is 2.45. The minimum absolute atomic E-state index is 0.00795. The Balaban J connectivity index is 1.89. The van der Waals surface area contributed by atoms with Crippen LogP contribution in [0.1, 0.15) is 28.4 Å². The molecule has 0 saturated carbocycles. The van der Waals surface area contributed by atoms with E-state index in [4.69, 9.17) is 4.74 Å². The highest BCUT2D eigenvalue weighted by Gasteiger charge is 2.68. The molecule has 182 valence electrons. The highest BCUT2D eigenvalue weighted by atomic mass is 19.4. The topological polar surface area (TPSA) is 122 Å². The SMILES string of the molecule is CCOc1ccccc1C(=O)N[C@]1(C(F)(F)F)C(=O)Nc2c1c(=O)[nH]c(=O)n2Cc1ccccc1. The number of anilines is 1. The summed E-state index contributed by atoms with van der Waals surface area (Å²) in [5.74, 6) is -3.68. The number of para-hydroxylation sites is 1. The summed E-state index contributed by atoms with van der Waals surface area (Å²) in [4.78, 5) is 52.9. The number of hydrogen-bond donors (Lipinski definition) is 3. The van der Waals surface area contributed by atoms with E-state index in [1.807, 2.05) is 10.3 Å². The molecule has 35 heavy (non-hydrogen) atoms. The van der Waals surface area contributed by atoms with E-state index in [-0.39, 0.29) is 24.5 Å². The molecule has 1 atom stereocenters. The summed E-state index contributed by atoms with van der Waals surface area (Å²) in [6.45, 7) is 1.51. The average molecular weight is 488 g/mol. The largest absolute Gasteiger partial charge is 0.493 e. The number of ether oxygens (including phenoxy) is 1. The molecule has 1 aliphatic heterocycles. The molecule has 0 bridgehead atoms. The first kappa shape index (κ1) is 23.8. The molecule has 2 aromatic carbocycles. The molecule has 0 aliphatic carbocycles. The number of H-pyrrole nitrogens is 1. The summed E-state index contributed by atoms with van der Waals surface area (Å²) in [6.07, 6.45) is -5.44. The van der Waals surface area contributed by atoms with Gasteiger partial charge < -0.3 is 15.4 Å². The lowest BCUT2D eigenvalue weighted by Crippen LogP contribution is -2.62. The molecule has 1 aromatic heterocycles. The van der Waals surface area contributed by atoms with E-state index in [0.717, 1.165) is 4.57 Å². The first-order chi connectivity index (χ1) is 16.6. The number of carbonyl (C=O) groups excluding carboxylic acids is 2. The van der Waals surface area contributed by atoms with Crippen molar-refractivity contribution in [1.29, 1.82) is 0 Å². The van der Waals surface area contributed by atoms with Crippen molar-refractivity contribution < 1.29 is 27.5 Å². The fraction of sp³-hybridized carbons (Fsp3) is 0.217. The van der Waals surface area contributed by atoms with Crippen molar-refractivity contribution in [2.45, 2.75) is 25.2 Å². The van der Waals surface area contributed by atoms with Gasteiger partial charge in [-0.1, -0.05) is 42.5 Å². The lowest BCUT2D eigenvalue weighted by atomic mass is 9.91. The fourth-order valence-corrected chi connectivity index (χ4v) is 3.91. The molecule has 2 heterocycles. The maximum Gasteiger partial charge on any atom is 0.425 e. The molecule has 9 nitrogen and oxygen atoms in total. The average Bonchev–Trinajstić information content (AvgIpc) is 3.11. The zero-order valence-corrected chi connectivity index (χ0v) is 18.2. The molecular formula is C23H19F3N4O5. The van der Waals surface area contributed by atoms with E-state index < -0.39 is 46.2 Å². The van der Waals surface area contributed by atoms with Gasteiger partial charge in [0.25, 0.3) is 22.9 Å². The Hall–Kier alpha value is -4.35. The summed E-state index contributed by atoms with van der Waals surface area (Å²) in [6, 6.07) is 13.8. The van der Waals surface area contributed by atoms with Crippen molar-refractivity contribution in [3.05, 3.63) is 92.1 Å². The van der Waals surface area contributed by atoms with Gasteiger partial charge in [0, 0.05) is 0 Å². The smallest absolute Gasteiger partial charge is 0.425 e. The first-order valence-corrected chi connectivity index (χ1v) is 10.4. The Labute approximate surface area is 195 Å². The van der Waals surface area contributed by atoms with Gasteiger partial charge in [0.1, 0.15) is 17.1 Å².